The van der Waals surface area contributed by atoms with Crippen molar-refractivity contribution in [3.05, 3.63) is 141 Å². The van der Waals surface area contributed by atoms with Crippen molar-refractivity contribution in [1.82, 2.24) is 4.90 Å². The first-order valence-electron chi connectivity index (χ1n) is 12.8. The van der Waals surface area contributed by atoms with Gasteiger partial charge in [0.2, 0.25) is 0 Å². The van der Waals surface area contributed by atoms with Gasteiger partial charge in [0.1, 0.15) is 6.17 Å². The average molecular weight is 506 g/mol. The second-order valence-electron chi connectivity index (χ2n) is 10.7. The van der Waals surface area contributed by atoms with Crippen molar-refractivity contribution in [3.63, 3.8) is 0 Å². The SMILES string of the molecule is CC(C)(C)c1ccc([C@H]2N(Cc3ccccc3)C(=O)c3cc([N+](=O)[O-])ccc3N2Cc2ccccc2)cc1. The lowest BCUT2D eigenvalue weighted by Crippen LogP contribution is -2.48. The van der Waals surface area contributed by atoms with Crippen LogP contribution in [0.2, 0.25) is 0 Å². The molecule has 1 heterocycles. The number of amides is 1. The van der Waals surface area contributed by atoms with Gasteiger partial charge in [0.25, 0.3) is 11.6 Å². The molecule has 0 fully saturated rings. The van der Waals surface area contributed by atoms with Crippen molar-refractivity contribution in [2.45, 2.75) is 45.4 Å². The van der Waals surface area contributed by atoms with Crippen molar-refractivity contribution < 1.29 is 9.72 Å². The van der Waals surface area contributed by atoms with Crippen LogP contribution in [0.4, 0.5) is 11.4 Å². The highest BCUT2D eigenvalue weighted by atomic mass is 16.6. The van der Waals surface area contributed by atoms with E-state index < -0.39 is 11.1 Å². The van der Waals surface area contributed by atoms with E-state index in [9.17, 15) is 14.9 Å². The second-order valence-corrected chi connectivity index (χ2v) is 10.7. The molecule has 0 radical (unpaired) electrons. The van der Waals surface area contributed by atoms with Gasteiger partial charge in [-0.15, -0.1) is 0 Å². The number of hydrogen-bond donors (Lipinski definition) is 0. The maximum absolute atomic E-state index is 14.1. The fourth-order valence-corrected chi connectivity index (χ4v) is 5.03. The molecule has 0 aliphatic carbocycles. The fraction of sp³-hybridized carbons (Fsp3) is 0.219. The number of carbonyl (C=O) groups excluding carboxylic acids is 1. The molecule has 1 atom stereocenters. The number of benzene rings is 4. The van der Waals surface area contributed by atoms with Crippen LogP contribution in [0.3, 0.4) is 0 Å². The van der Waals surface area contributed by atoms with Gasteiger partial charge in [-0.2, -0.15) is 0 Å². The Morgan fingerprint density at radius 3 is 1.84 bits per heavy atom. The number of nitro groups is 1. The van der Waals surface area contributed by atoms with Crippen molar-refractivity contribution in [3.8, 4) is 0 Å². The molecule has 4 aromatic rings. The molecular formula is C32H31N3O3. The van der Waals surface area contributed by atoms with Crippen molar-refractivity contribution in [1.29, 1.82) is 0 Å². The van der Waals surface area contributed by atoms with Crippen LogP contribution in [-0.4, -0.2) is 15.7 Å². The summed E-state index contributed by atoms with van der Waals surface area (Å²) in [5.74, 6) is -0.221. The summed E-state index contributed by atoms with van der Waals surface area (Å²) in [6, 6.07) is 33.0. The molecule has 1 aliphatic heterocycles. The second kappa shape index (κ2) is 10.1. The summed E-state index contributed by atoms with van der Waals surface area (Å²) in [7, 11) is 0. The molecule has 1 aliphatic rings. The summed E-state index contributed by atoms with van der Waals surface area (Å²) >= 11 is 0. The molecule has 0 spiro atoms. The molecule has 0 saturated carbocycles. The molecule has 6 nitrogen and oxygen atoms in total. The van der Waals surface area contributed by atoms with E-state index in [1.165, 1.54) is 17.7 Å². The Kier molecular flexibility index (Phi) is 6.72. The molecule has 0 bridgehead atoms. The van der Waals surface area contributed by atoms with Gasteiger partial charge in [-0.05, 0) is 33.7 Å². The lowest BCUT2D eigenvalue weighted by atomic mass is 9.86. The van der Waals surface area contributed by atoms with Gasteiger partial charge in [-0.3, -0.25) is 14.9 Å². The molecule has 1 amide bonds. The van der Waals surface area contributed by atoms with E-state index in [4.69, 9.17) is 0 Å². The average Bonchev–Trinajstić information content (AvgIpc) is 2.92. The number of nitrogens with zero attached hydrogens (tertiary/aromatic N) is 3. The number of non-ortho nitro benzene ring substituents is 1. The first kappa shape index (κ1) is 25.2. The third-order valence-electron chi connectivity index (χ3n) is 7.05. The van der Waals surface area contributed by atoms with E-state index in [-0.39, 0.29) is 17.0 Å². The Hall–Kier alpha value is -4.45. The van der Waals surface area contributed by atoms with Gasteiger partial charge < -0.3 is 9.80 Å². The van der Waals surface area contributed by atoms with E-state index in [0.29, 0.717) is 24.3 Å². The number of fused-ring (bicyclic) bond motifs is 1. The summed E-state index contributed by atoms with van der Waals surface area (Å²) in [5, 5.41) is 11.6. The van der Waals surface area contributed by atoms with Crippen molar-refractivity contribution >= 4 is 17.3 Å². The number of anilines is 1. The maximum Gasteiger partial charge on any atom is 0.270 e. The molecule has 5 rings (SSSR count). The zero-order valence-corrected chi connectivity index (χ0v) is 21.9. The van der Waals surface area contributed by atoms with Crippen LogP contribution in [0.15, 0.2) is 103 Å². The van der Waals surface area contributed by atoms with Gasteiger partial charge in [-0.1, -0.05) is 106 Å². The minimum absolute atomic E-state index is 0.0000987. The Labute approximate surface area is 223 Å². The van der Waals surface area contributed by atoms with Crippen molar-refractivity contribution in [2.24, 2.45) is 0 Å². The minimum atomic E-state index is -0.450. The van der Waals surface area contributed by atoms with E-state index in [1.807, 2.05) is 53.4 Å². The van der Waals surface area contributed by atoms with E-state index >= 15 is 0 Å². The number of carbonyl (C=O) groups is 1. The first-order valence-corrected chi connectivity index (χ1v) is 12.8. The topological polar surface area (TPSA) is 66.7 Å². The smallest absolute Gasteiger partial charge is 0.270 e. The molecule has 0 aromatic heterocycles. The van der Waals surface area contributed by atoms with Crippen LogP contribution in [0, 0.1) is 10.1 Å². The lowest BCUT2D eigenvalue weighted by Gasteiger charge is -2.46. The largest absolute Gasteiger partial charge is 0.342 e. The number of rotatable bonds is 6. The zero-order valence-electron chi connectivity index (χ0n) is 21.9. The normalized spacial score (nSPS) is 15.3. The Balaban J connectivity index is 1.69. The molecule has 0 saturated heterocycles. The monoisotopic (exact) mass is 505 g/mol. The third-order valence-corrected chi connectivity index (χ3v) is 7.05. The molecular weight excluding hydrogens is 474 g/mol. The maximum atomic E-state index is 14.1. The first-order chi connectivity index (χ1) is 18.2. The molecule has 192 valence electrons. The standard InChI is InChI=1S/C32H31N3O3/c1-32(2,3)26-16-14-25(15-17-26)30-33(21-23-10-6-4-7-11-23)29-19-18-27(35(37)38)20-28(29)31(36)34(30)22-24-12-8-5-9-13-24/h4-20,30H,21-22H2,1-3H3/t30-/m1/s1. The van der Waals surface area contributed by atoms with Crippen LogP contribution >= 0.6 is 0 Å². The molecule has 4 aromatic carbocycles. The van der Waals surface area contributed by atoms with Crippen LogP contribution in [-0.2, 0) is 18.5 Å². The summed E-state index contributed by atoms with van der Waals surface area (Å²) in [6.45, 7) is 7.45. The highest BCUT2D eigenvalue weighted by Gasteiger charge is 2.39. The predicted octanol–water partition coefficient (Wildman–Crippen LogP) is 7.25. The van der Waals surface area contributed by atoms with Crippen LogP contribution in [0.25, 0.3) is 0 Å². The molecule has 0 N–H and O–H groups in total. The summed E-state index contributed by atoms with van der Waals surface area (Å²) in [6.07, 6.45) is -0.397. The Morgan fingerprint density at radius 2 is 1.32 bits per heavy atom. The van der Waals surface area contributed by atoms with Crippen LogP contribution in [0.1, 0.15) is 59.5 Å². The Morgan fingerprint density at radius 1 is 0.763 bits per heavy atom. The van der Waals surface area contributed by atoms with Crippen LogP contribution < -0.4 is 4.90 Å². The van der Waals surface area contributed by atoms with Gasteiger partial charge >= 0.3 is 0 Å². The highest BCUT2D eigenvalue weighted by Crippen LogP contribution is 2.42. The van der Waals surface area contributed by atoms with Gasteiger partial charge in [-0.25, -0.2) is 0 Å². The molecule has 38 heavy (non-hydrogen) atoms. The van der Waals surface area contributed by atoms with Crippen molar-refractivity contribution in [2.75, 3.05) is 4.90 Å². The fourth-order valence-electron chi connectivity index (χ4n) is 5.03. The van der Waals surface area contributed by atoms with E-state index in [1.54, 1.807) is 6.07 Å². The Bertz CT molecular complexity index is 1450. The summed E-state index contributed by atoms with van der Waals surface area (Å²) in [4.78, 5) is 29.2. The third kappa shape index (κ3) is 5.02. The zero-order chi connectivity index (χ0) is 26.9. The van der Waals surface area contributed by atoms with E-state index in [0.717, 1.165) is 16.7 Å². The highest BCUT2D eigenvalue weighted by molar-refractivity contribution is 6.02. The van der Waals surface area contributed by atoms with E-state index in [2.05, 4.69) is 62.1 Å². The summed E-state index contributed by atoms with van der Waals surface area (Å²) in [5.41, 5.74) is 5.22. The molecule has 6 heteroatoms. The molecule has 0 unspecified atom stereocenters. The van der Waals surface area contributed by atoms with Crippen LogP contribution in [0.5, 0.6) is 0 Å². The number of hydrogen-bond acceptors (Lipinski definition) is 4. The summed E-state index contributed by atoms with van der Waals surface area (Å²) < 4.78 is 0. The lowest BCUT2D eigenvalue weighted by molar-refractivity contribution is -0.384. The number of nitro benzene ring substituents is 1. The van der Waals surface area contributed by atoms with Gasteiger partial charge in [0.15, 0.2) is 0 Å². The predicted molar refractivity (Wildman–Crippen MR) is 150 cm³/mol. The minimum Gasteiger partial charge on any atom is -0.342 e. The quantitative estimate of drug-likeness (QED) is 0.204. The van der Waals surface area contributed by atoms with Gasteiger partial charge in [0, 0.05) is 25.2 Å². The van der Waals surface area contributed by atoms with Gasteiger partial charge in [0.05, 0.1) is 16.2 Å².